The van der Waals surface area contributed by atoms with Crippen molar-refractivity contribution in [2.24, 2.45) is 5.73 Å². The molecule has 0 aliphatic rings. The fraction of sp³-hybridized carbons (Fsp3) is 0.455. The van der Waals surface area contributed by atoms with Crippen LogP contribution in [-0.2, 0) is 12.7 Å². The van der Waals surface area contributed by atoms with Crippen LogP contribution in [0.4, 0.5) is 13.2 Å². The highest BCUT2D eigenvalue weighted by Crippen LogP contribution is 2.34. The predicted octanol–water partition coefficient (Wildman–Crippen LogP) is 3.38. The maximum absolute atomic E-state index is 12.6. The first kappa shape index (κ1) is 14.0. The minimum Gasteiger partial charge on any atom is -0.544 e. The van der Waals surface area contributed by atoms with Crippen LogP contribution in [0.5, 0.6) is 5.75 Å². The van der Waals surface area contributed by atoms with E-state index in [2.05, 4.69) is 0 Å². The van der Waals surface area contributed by atoms with Crippen molar-refractivity contribution >= 4 is 8.32 Å². The van der Waals surface area contributed by atoms with Crippen molar-refractivity contribution in [3.8, 4) is 5.75 Å². The second-order valence-corrected chi connectivity index (χ2v) is 9.16. The van der Waals surface area contributed by atoms with Crippen LogP contribution in [0.2, 0.25) is 19.6 Å². The van der Waals surface area contributed by atoms with Gasteiger partial charge in [0.1, 0.15) is 5.75 Å². The minimum absolute atomic E-state index is 0.0632. The summed E-state index contributed by atoms with van der Waals surface area (Å²) in [6, 6.07) is 3.75. The number of hydrogen-bond acceptors (Lipinski definition) is 2. The summed E-state index contributed by atoms with van der Waals surface area (Å²) >= 11 is 0. The van der Waals surface area contributed by atoms with Gasteiger partial charge >= 0.3 is 6.18 Å². The van der Waals surface area contributed by atoms with Gasteiger partial charge in [0.05, 0.1) is 5.56 Å². The zero-order valence-corrected chi connectivity index (χ0v) is 11.1. The molecule has 0 aromatic heterocycles. The molecule has 0 aliphatic carbocycles. The van der Waals surface area contributed by atoms with Crippen LogP contribution in [0, 0.1) is 0 Å². The second kappa shape index (κ2) is 4.70. The van der Waals surface area contributed by atoms with Crippen LogP contribution >= 0.6 is 0 Å². The van der Waals surface area contributed by atoms with Gasteiger partial charge in [0.25, 0.3) is 0 Å². The highest BCUT2D eigenvalue weighted by atomic mass is 28.4. The summed E-state index contributed by atoms with van der Waals surface area (Å²) in [5.74, 6) is 0.456. The Morgan fingerprint density at radius 3 is 2.24 bits per heavy atom. The van der Waals surface area contributed by atoms with E-state index in [1.54, 1.807) is 0 Å². The third-order valence-corrected chi connectivity index (χ3v) is 2.87. The molecule has 0 saturated heterocycles. The molecule has 1 aromatic carbocycles. The van der Waals surface area contributed by atoms with E-state index in [-0.39, 0.29) is 12.1 Å². The Kier molecular flexibility index (Phi) is 3.88. The fourth-order valence-electron chi connectivity index (χ4n) is 1.43. The van der Waals surface area contributed by atoms with Crippen molar-refractivity contribution in [2.75, 3.05) is 0 Å². The maximum atomic E-state index is 12.6. The Morgan fingerprint density at radius 1 is 1.24 bits per heavy atom. The van der Waals surface area contributed by atoms with Crippen molar-refractivity contribution in [1.29, 1.82) is 0 Å². The molecular weight excluding hydrogens is 247 g/mol. The number of benzene rings is 1. The minimum atomic E-state index is -4.37. The first-order chi connectivity index (χ1) is 7.63. The Morgan fingerprint density at radius 2 is 1.82 bits per heavy atom. The fourth-order valence-corrected chi connectivity index (χ4v) is 2.27. The van der Waals surface area contributed by atoms with Gasteiger partial charge in [0.2, 0.25) is 8.32 Å². The summed E-state index contributed by atoms with van der Waals surface area (Å²) in [5.41, 5.74) is 4.71. The van der Waals surface area contributed by atoms with Gasteiger partial charge in [-0.15, -0.1) is 0 Å². The number of rotatable bonds is 3. The molecule has 0 radical (unpaired) electrons. The van der Waals surface area contributed by atoms with Crippen molar-refractivity contribution in [2.45, 2.75) is 32.4 Å². The highest BCUT2D eigenvalue weighted by molar-refractivity contribution is 6.70. The molecule has 6 heteroatoms. The van der Waals surface area contributed by atoms with Crippen LogP contribution in [-0.4, -0.2) is 8.32 Å². The van der Waals surface area contributed by atoms with Gasteiger partial charge in [-0.2, -0.15) is 13.2 Å². The van der Waals surface area contributed by atoms with Crippen LogP contribution < -0.4 is 10.2 Å². The van der Waals surface area contributed by atoms with E-state index in [4.69, 9.17) is 10.2 Å². The molecule has 0 atom stereocenters. The zero-order chi connectivity index (χ0) is 13.3. The second-order valence-electron chi connectivity index (χ2n) is 4.74. The monoisotopic (exact) mass is 263 g/mol. The normalized spacial score (nSPS) is 12.6. The van der Waals surface area contributed by atoms with E-state index >= 15 is 0 Å². The van der Waals surface area contributed by atoms with Crippen molar-refractivity contribution in [1.82, 2.24) is 0 Å². The van der Waals surface area contributed by atoms with E-state index < -0.39 is 20.1 Å². The first-order valence-corrected chi connectivity index (χ1v) is 8.63. The smallest absolute Gasteiger partial charge is 0.416 e. The molecule has 0 heterocycles. The molecule has 1 rings (SSSR count). The molecule has 17 heavy (non-hydrogen) atoms. The first-order valence-electron chi connectivity index (χ1n) is 5.23. The third kappa shape index (κ3) is 4.05. The maximum Gasteiger partial charge on any atom is 0.416 e. The molecule has 0 spiro atoms. The lowest BCUT2D eigenvalue weighted by Gasteiger charge is -2.21. The van der Waals surface area contributed by atoms with Crippen LogP contribution in [0.25, 0.3) is 0 Å². The quantitative estimate of drug-likeness (QED) is 0.848. The summed E-state index contributed by atoms with van der Waals surface area (Å²) in [6.45, 7) is 5.74. The third-order valence-electron chi connectivity index (χ3n) is 2.03. The summed E-state index contributed by atoms with van der Waals surface area (Å²) in [5, 5.41) is 0. The van der Waals surface area contributed by atoms with Gasteiger partial charge in [0, 0.05) is 6.54 Å². The SMILES string of the molecule is C[Si](C)(C)Oc1ccc(C(F)(F)F)c(CN)c1. The number of alkyl halides is 3. The molecule has 96 valence electrons. The summed E-state index contributed by atoms with van der Waals surface area (Å²) in [7, 11) is -1.82. The standard InChI is InChI=1S/C11H16F3NOSi/c1-17(2,3)16-9-4-5-10(11(12,13)14)8(6-9)7-15/h4-6H,7,15H2,1-3H3. The number of hydrogen-bond donors (Lipinski definition) is 1. The van der Waals surface area contributed by atoms with Gasteiger partial charge in [-0.25, -0.2) is 0 Å². The summed E-state index contributed by atoms with van der Waals surface area (Å²) in [6.07, 6.45) is -4.37. The van der Waals surface area contributed by atoms with Gasteiger partial charge < -0.3 is 10.2 Å². The molecule has 2 nitrogen and oxygen atoms in total. The molecule has 0 bridgehead atoms. The average Bonchev–Trinajstić information content (AvgIpc) is 2.13. The van der Waals surface area contributed by atoms with E-state index in [9.17, 15) is 13.2 Å². The number of nitrogens with two attached hydrogens (primary N) is 1. The molecule has 0 saturated carbocycles. The average molecular weight is 263 g/mol. The van der Waals surface area contributed by atoms with Crippen molar-refractivity contribution in [3.05, 3.63) is 29.3 Å². The summed E-state index contributed by atoms with van der Waals surface area (Å²) in [4.78, 5) is 0. The van der Waals surface area contributed by atoms with Crippen LogP contribution in [0.1, 0.15) is 11.1 Å². The molecule has 2 N–H and O–H groups in total. The van der Waals surface area contributed by atoms with Gasteiger partial charge in [-0.1, -0.05) is 0 Å². The van der Waals surface area contributed by atoms with Crippen molar-refractivity contribution < 1.29 is 17.6 Å². The largest absolute Gasteiger partial charge is 0.544 e. The Hall–Kier alpha value is -1.01. The van der Waals surface area contributed by atoms with Crippen LogP contribution in [0.15, 0.2) is 18.2 Å². The lowest BCUT2D eigenvalue weighted by atomic mass is 10.1. The van der Waals surface area contributed by atoms with E-state index in [0.717, 1.165) is 6.07 Å². The zero-order valence-electron chi connectivity index (χ0n) is 10.1. The Bertz CT molecular complexity index is 399. The van der Waals surface area contributed by atoms with Crippen molar-refractivity contribution in [3.63, 3.8) is 0 Å². The highest BCUT2D eigenvalue weighted by Gasteiger charge is 2.33. The van der Waals surface area contributed by atoms with E-state index in [0.29, 0.717) is 5.75 Å². The lowest BCUT2D eigenvalue weighted by molar-refractivity contribution is -0.138. The van der Waals surface area contributed by atoms with Crippen LogP contribution in [0.3, 0.4) is 0 Å². The molecular formula is C11H16F3NOSi. The molecule has 0 fully saturated rings. The van der Waals surface area contributed by atoms with Gasteiger partial charge in [-0.3, -0.25) is 0 Å². The lowest BCUT2D eigenvalue weighted by Crippen LogP contribution is -2.29. The molecule has 1 aromatic rings. The predicted molar refractivity (Wildman–Crippen MR) is 63.3 cm³/mol. The Balaban J connectivity index is 3.09. The van der Waals surface area contributed by atoms with Gasteiger partial charge in [0.15, 0.2) is 0 Å². The number of halogens is 3. The summed E-state index contributed by atoms with van der Waals surface area (Å²) < 4.78 is 43.5. The Labute approximate surface area is 99.7 Å². The van der Waals surface area contributed by atoms with E-state index in [1.807, 2.05) is 19.6 Å². The topological polar surface area (TPSA) is 35.2 Å². The molecule has 0 aliphatic heterocycles. The molecule has 0 amide bonds. The van der Waals surface area contributed by atoms with E-state index in [1.165, 1.54) is 12.1 Å². The molecule has 0 unspecified atom stereocenters. The van der Waals surface area contributed by atoms with Gasteiger partial charge in [-0.05, 0) is 43.4 Å².